The summed E-state index contributed by atoms with van der Waals surface area (Å²) in [5.41, 5.74) is -2.31. The summed E-state index contributed by atoms with van der Waals surface area (Å²) in [6.07, 6.45) is -23.2. The van der Waals surface area contributed by atoms with Crippen molar-refractivity contribution in [2.75, 3.05) is 26.9 Å². The van der Waals surface area contributed by atoms with Crippen LogP contribution in [0.15, 0.2) is 11.6 Å². The van der Waals surface area contributed by atoms with E-state index in [0.717, 1.165) is 81.9 Å². The number of methoxy groups -OCH3 is 1. The van der Waals surface area contributed by atoms with Crippen LogP contribution in [0.25, 0.3) is 0 Å². The molecule has 9 rings (SSSR count). The third-order valence-corrected chi connectivity index (χ3v) is 23.6. The van der Waals surface area contributed by atoms with Crippen LogP contribution in [0, 0.1) is 50.2 Å². The molecule has 105 heavy (non-hydrogen) atoms. The van der Waals surface area contributed by atoms with Crippen molar-refractivity contribution in [3.63, 3.8) is 0 Å². The van der Waals surface area contributed by atoms with Gasteiger partial charge in [0.1, 0.15) is 24.9 Å². The molecule has 4 aliphatic heterocycles. The van der Waals surface area contributed by atoms with Gasteiger partial charge in [0, 0.05) is 69.2 Å². The summed E-state index contributed by atoms with van der Waals surface area (Å²) in [6.45, 7) is 24.9. The monoisotopic (exact) mass is 1490 g/mol. The third kappa shape index (κ3) is 17.0. The van der Waals surface area contributed by atoms with Crippen LogP contribution in [0.2, 0.25) is 0 Å². The number of hydrogen-bond donors (Lipinski definition) is 1. The van der Waals surface area contributed by atoms with Crippen molar-refractivity contribution in [1.82, 2.24) is 0 Å². The van der Waals surface area contributed by atoms with E-state index < -0.39 is 230 Å². The molecule has 0 amide bonds. The van der Waals surface area contributed by atoms with Gasteiger partial charge in [-0.1, -0.05) is 60.1 Å². The number of aliphatic hydroxyl groups is 1. The van der Waals surface area contributed by atoms with Gasteiger partial charge in [-0.25, -0.2) is 4.79 Å². The van der Waals surface area contributed by atoms with Crippen LogP contribution in [0.3, 0.4) is 0 Å². The van der Waals surface area contributed by atoms with E-state index in [1.165, 1.54) is 0 Å². The maximum Gasteiger partial charge on any atom is 0.338 e. The molecule has 9 aliphatic rings. The summed E-state index contributed by atoms with van der Waals surface area (Å²) in [4.78, 5) is 157. The van der Waals surface area contributed by atoms with Crippen molar-refractivity contribution in [2.24, 2.45) is 50.2 Å². The van der Waals surface area contributed by atoms with Gasteiger partial charge in [-0.05, 0) is 109 Å². The zero-order valence-corrected chi connectivity index (χ0v) is 63.1. The Kier molecular flexibility index (Phi) is 25.1. The summed E-state index contributed by atoms with van der Waals surface area (Å²) in [7, 11) is 1.05. The van der Waals surface area contributed by atoms with Gasteiger partial charge in [-0.3, -0.25) is 52.7 Å². The number of carbonyl (C=O) groups is 12. The van der Waals surface area contributed by atoms with E-state index in [1.807, 2.05) is 0 Å². The molecule has 0 unspecified atom stereocenters. The minimum Gasteiger partial charge on any atom is -0.467 e. The van der Waals surface area contributed by atoms with E-state index in [1.54, 1.807) is 0 Å². The number of rotatable bonds is 20. The molecule has 5 aliphatic carbocycles. The lowest BCUT2D eigenvalue weighted by Crippen LogP contribution is -2.69. The second-order valence-electron chi connectivity index (χ2n) is 31.5. The van der Waals surface area contributed by atoms with E-state index in [2.05, 4.69) is 54.5 Å². The van der Waals surface area contributed by atoms with E-state index in [4.69, 9.17) is 90.0 Å². The smallest absolute Gasteiger partial charge is 0.338 e. The molecule has 4 saturated heterocycles. The molecular formula is C73H104O32. The Hall–Kier alpha value is -6.94. The molecule has 588 valence electrons. The highest BCUT2D eigenvalue weighted by Gasteiger charge is 2.71. The quantitative estimate of drug-likeness (QED) is 0.0714. The number of esters is 12. The van der Waals surface area contributed by atoms with Crippen LogP contribution in [0.4, 0.5) is 0 Å². The molecule has 32 nitrogen and oxygen atoms in total. The predicted molar refractivity (Wildman–Crippen MR) is 351 cm³/mol. The summed E-state index contributed by atoms with van der Waals surface area (Å²) in [6, 6.07) is 0. The van der Waals surface area contributed by atoms with Gasteiger partial charge in [0.25, 0.3) is 0 Å². The Bertz CT molecular complexity index is 3340. The second kappa shape index (κ2) is 32.1. The molecule has 0 bridgehead atoms. The Morgan fingerprint density at radius 3 is 1.52 bits per heavy atom. The van der Waals surface area contributed by atoms with E-state index >= 15 is 4.79 Å². The summed E-state index contributed by atoms with van der Waals surface area (Å²) < 4.78 is 114. The lowest BCUT2D eigenvalue weighted by molar-refractivity contribution is -0.382. The van der Waals surface area contributed by atoms with Gasteiger partial charge in [0.05, 0.1) is 31.8 Å². The highest BCUT2D eigenvalue weighted by atomic mass is 16.8. The number of aliphatic hydroxyl groups excluding tert-OH is 1. The molecule has 0 spiro atoms. The van der Waals surface area contributed by atoms with Crippen molar-refractivity contribution in [3.8, 4) is 0 Å². The van der Waals surface area contributed by atoms with Crippen molar-refractivity contribution < 1.29 is 153 Å². The van der Waals surface area contributed by atoms with Crippen LogP contribution < -0.4 is 0 Å². The Balaban J connectivity index is 1.06. The number of allylic oxidation sites excluding steroid dienone is 2. The van der Waals surface area contributed by atoms with Crippen molar-refractivity contribution >= 4 is 71.6 Å². The molecule has 8 fully saturated rings. The standard InChI is InChI=1S/C73H104O32/c1-33(74)88-30-47-53(94-37(5)78)55(96-39(7)80)60(99-42(10)83)65(100-47)105-67(86)73-27-25-68(11,12)29-44(73)43-19-20-49-70(15)23-22-50(69(13,14)48(70)21-24-72(49,17)71(43,16)26-28-73)101-66-61(104-64-59(98-41(9)82)54(95-38(6)79)46(32-90-64)92-35(3)76)57(97-40(8)81)56(58(103-66)62(85)87-18)102-63-51(84)52(93-36(4)77)45(31-89-63)91-34(2)75/h19,44-61,63-66,84H,20-32H2,1-18H3/t44-,45+,46+,47+,48-,49+,50-,51+,52-,53+,54-,55-,56-,57-,58-,59+,60+,61+,63-,64-,65-,66+,70-,71+,72+,73-/m0/s1. The average molecular weight is 1490 g/mol. The number of ether oxygens (including phenoxy) is 19. The summed E-state index contributed by atoms with van der Waals surface area (Å²) in [5, 5.41) is 11.9. The Labute approximate surface area is 609 Å². The first kappa shape index (κ1) is 82.1. The van der Waals surface area contributed by atoms with Crippen LogP contribution in [-0.4, -0.2) is 220 Å². The van der Waals surface area contributed by atoms with Gasteiger partial charge in [-0.15, -0.1) is 0 Å². The zero-order valence-electron chi connectivity index (χ0n) is 63.1. The number of hydrogen-bond acceptors (Lipinski definition) is 32. The van der Waals surface area contributed by atoms with Crippen LogP contribution in [-0.2, 0) is 148 Å². The van der Waals surface area contributed by atoms with Crippen molar-refractivity contribution in [3.05, 3.63) is 11.6 Å². The SMILES string of the molecule is COC(=O)[C@H]1O[C@@H](O[C@H]2CC[C@]3(C)[C@H]4CC=C5[C@@H]6CC(C)(C)CC[C@]6(C(=O)O[C@@H]6O[C@H](COC(C)=O)[C@@H](OC(C)=O)[C@H](OC(C)=O)[C@H]6OC(C)=O)CC[C@@]5(C)[C@]4(C)CC[C@H]3C2(C)C)[C@H](O[C@@H]2OC[C@@H](OC(C)=O)[C@H](OC(C)=O)[C@H]2OC(C)=O)[C@@H](OC(C)=O)[C@@H]1O[C@@H]1OC[C@@H](OC(C)=O)[C@H](OC(C)=O)[C@H]1O. The predicted octanol–water partition coefficient (Wildman–Crippen LogP) is 5.13. The van der Waals surface area contributed by atoms with Gasteiger partial charge in [-0.2, -0.15) is 0 Å². The zero-order chi connectivity index (χ0) is 77.5. The van der Waals surface area contributed by atoms with Crippen molar-refractivity contribution in [1.29, 1.82) is 0 Å². The van der Waals surface area contributed by atoms with Gasteiger partial charge < -0.3 is 95.1 Å². The third-order valence-electron chi connectivity index (χ3n) is 23.6. The first-order chi connectivity index (χ1) is 49.0. The first-order valence-electron chi connectivity index (χ1n) is 35.9. The lowest BCUT2D eigenvalue weighted by atomic mass is 9.33. The minimum absolute atomic E-state index is 0.0353. The fourth-order valence-electron chi connectivity index (χ4n) is 19.0. The highest BCUT2D eigenvalue weighted by molar-refractivity contribution is 5.79. The largest absolute Gasteiger partial charge is 0.467 e. The maximum atomic E-state index is 15.7. The molecule has 0 aromatic heterocycles. The van der Waals surface area contributed by atoms with Gasteiger partial charge in [0.15, 0.2) is 79.9 Å². The normalized spacial score (nSPS) is 40.1. The lowest BCUT2D eigenvalue weighted by Gasteiger charge is -2.71. The van der Waals surface area contributed by atoms with E-state index in [0.29, 0.717) is 64.2 Å². The molecule has 1 N–H and O–H groups in total. The first-order valence-corrected chi connectivity index (χ1v) is 35.9. The molecule has 26 atom stereocenters. The van der Waals surface area contributed by atoms with E-state index in [-0.39, 0.29) is 28.6 Å². The molecule has 0 aromatic carbocycles. The van der Waals surface area contributed by atoms with Crippen LogP contribution in [0.1, 0.15) is 182 Å². The number of carbonyl (C=O) groups excluding carboxylic acids is 12. The average Bonchev–Trinajstić information content (AvgIpc) is 0.675. The van der Waals surface area contributed by atoms with Crippen molar-refractivity contribution in [2.45, 2.75) is 299 Å². The molecule has 0 aromatic rings. The highest BCUT2D eigenvalue weighted by Crippen LogP contribution is 2.76. The minimum atomic E-state index is -1.97. The van der Waals surface area contributed by atoms with Crippen LogP contribution >= 0.6 is 0 Å². The summed E-state index contributed by atoms with van der Waals surface area (Å²) >= 11 is 0. The summed E-state index contributed by atoms with van der Waals surface area (Å²) in [5.74, 6) is -10.6. The molecule has 4 heterocycles. The second-order valence-corrected chi connectivity index (χ2v) is 31.5. The fraction of sp³-hybridized carbons (Fsp3) is 0.808. The van der Waals surface area contributed by atoms with Gasteiger partial charge >= 0.3 is 71.6 Å². The van der Waals surface area contributed by atoms with Crippen LogP contribution in [0.5, 0.6) is 0 Å². The fourth-order valence-corrected chi connectivity index (χ4v) is 19.0. The topological polar surface area (TPSA) is 400 Å². The Morgan fingerprint density at radius 2 is 0.962 bits per heavy atom. The number of fused-ring (bicyclic) bond motifs is 7. The van der Waals surface area contributed by atoms with Gasteiger partial charge in [0.2, 0.25) is 12.4 Å². The molecule has 0 radical (unpaired) electrons. The molecule has 4 saturated carbocycles. The van der Waals surface area contributed by atoms with E-state index in [9.17, 15) is 57.8 Å². The Morgan fingerprint density at radius 1 is 0.467 bits per heavy atom. The molecule has 32 heteroatoms. The molecular weight excluding hydrogens is 1390 g/mol. The maximum absolute atomic E-state index is 15.7.